The molecule has 1 N–H and O–H groups in total. The molecule has 9 heteroatoms. The molecule has 0 aliphatic carbocycles. The van der Waals surface area contributed by atoms with Crippen molar-refractivity contribution < 1.29 is 19.3 Å². The van der Waals surface area contributed by atoms with Crippen molar-refractivity contribution in [3.05, 3.63) is 68.8 Å². The molecule has 25 heavy (non-hydrogen) atoms. The van der Waals surface area contributed by atoms with Gasteiger partial charge in [-0.3, -0.25) is 20.2 Å². The first-order valence-electron chi connectivity index (χ1n) is 7.51. The van der Waals surface area contributed by atoms with Crippen LogP contribution in [0.3, 0.4) is 0 Å². The third kappa shape index (κ3) is 6.07. The Morgan fingerprint density at radius 3 is 1.40 bits per heavy atom. The molecule has 2 aromatic carbocycles. The van der Waals surface area contributed by atoms with Gasteiger partial charge in [-0.2, -0.15) is 0 Å². The number of ether oxygens (including phenoxy) is 2. The van der Waals surface area contributed by atoms with Crippen LogP contribution in [0.5, 0.6) is 11.5 Å². The van der Waals surface area contributed by atoms with Crippen LogP contribution < -0.4 is 14.8 Å². The first kappa shape index (κ1) is 18.1. The Bertz CT molecular complexity index is 641. The van der Waals surface area contributed by atoms with E-state index in [-0.39, 0.29) is 11.4 Å². The zero-order valence-electron chi connectivity index (χ0n) is 13.3. The van der Waals surface area contributed by atoms with Crippen molar-refractivity contribution >= 4 is 11.4 Å². The van der Waals surface area contributed by atoms with Crippen molar-refractivity contribution in [2.75, 3.05) is 26.3 Å². The second kappa shape index (κ2) is 9.18. The van der Waals surface area contributed by atoms with Gasteiger partial charge in [-0.1, -0.05) is 0 Å². The zero-order chi connectivity index (χ0) is 18.1. The summed E-state index contributed by atoms with van der Waals surface area (Å²) in [5, 5.41) is 24.2. The van der Waals surface area contributed by atoms with Crippen LogP contribution >= 0.6 is 0 Å². The standard InChI is InChI=1S/C16H17N3O6/c20-18(21)13-1-5-15(6-2-13)24-11-9-17-10-12-25-16-7-3-14(4-8-16)19(22)23/h1-8,17H,9-12H2. The molecule has 9 nitrogen and oxygen atoms in total. The molecule has 0 aliphatic rings. The van der Waals surface area contributed by atoms with E-state index in [1.165, 1.54) is 24.3 Å². The minimum absolute atomic E-state index is 0.0221. The predicted octanol–water partition coefficient (Wildman–Crippen LogP) is 2.55. The van der Waals surface area contributed by atoms with Crippen LogP contribution in [0.2, 0.25) is 0 Å². The van der Waals surface area contributed by atoms with Crippen molar-refractivity contribution in [2.24, 2.45) is 0 Å². The van der Waals surface area contributed by atoms with Crippen LogP contribution in [-0.2, 0) is 0 Å². The van der Waals surface area contributed by atoms with E-state index in [1.54, 1.807) is 24.3 Å². The zero-order valence-corrected chi connectivity index (χ0v) is 13.3. The topological polar surface area (TPSA) is 117 Å². The number of hydrogen-bond acceptors (Lipinski definition) is 7. The average molecular weight is 347 g/mol. The fourth-order valence-corrected chi connectivity index (χ4v) is 1.94. The van der Waals surface area contributed by atoms with Gasteiger partial charge in [0.1, 0.15) is 24.7 Å². The van der Waals surface area contributed by atoms with Crippen molar-refractivity contribution in [3.8, 4) is 11.5 Å². The van der Waals surface area contributed by atoms with Crippen LogP contribution in [-0.4, -0.2) is 36.1 Å². The Morgan fingerprint density at radius 2 is 1.08 bits per heavy atom. The van der Waals surface area contributed by atoms with Crippen molar-refractivity contribution in [1.82, 2.24) is 5.32 Å². The van der Waals surface area contributed by atoms with Gasteiger partial charge in [-0.05, 0) is 24.3 Å². The Balaban J connectivity index is 1.57. The summed E-state index contributed by atoms with van der Waals surface area (Å²) in [6.07, 6.45) is 0. The molecule has 0 aromatic heterocycles. The summed E-state index contributed by atoms with van der Waals surface area (Å²) in [5.74, 6) is 1.13. The quantitative estimate of drug-likeness (QED) is 0.399. The molecule has 0 spiro atoms. The summed E-state index contributed by atoms with van der Waals surface area (Å²) in [6, 6.07) is 11.8. The highest BCUT2D eigenvalue weighted by atomic mass is 16.6. The van der Waals surface area contributed by atoms with Crippen molar-refractivity contribution in [1.29, 1.82) is 0 Å². The molecular formula is C16H17N3O6. The third-order valence-corrected chi connectivity index (χ3v) is 3.19. The summed E-state index contributed by atoms with van der Waals surface area (Å²) in [6.45, 7) is 1.99. The van der Waals surface area contributed by atoms with Crippen LogP contribution in [0.1, 0.15) is 0 Å². The minimum Gasteiger partial charge on any atom is -0.492 e. The van der Waals surface area contributed by atoms with Gasteiger partial charge in [-0.15, -0.1) is 0 Å². The summed E-state index contributed by atoms with van der Waals surface area (Å²) >= 11 is 0. The third-order valence-electron chi connectivity index (χ3n) is 3.19. The predicted molar refractivity (Wildman–Crippen MR) is 90.1 cm³/mol. The first-order valence-corrected chi connectivity index (χ1v) is 7.51. The second-order valence-electron chi connectivity index (χ2n) is 4.95. The van der Waals surface area contributed by atoms with Crippen LogP contribution in [0.15, 0.2) is 48.5 Å². The van der Waals surface area contributed by atoms with Crippen LogP contribution in [0.4, 0.5) is 11.4 Å². The number of rotatable bonds is 10. The van der Waals surface area contributed by atoms with Gasteiger partial charge in [0, 0.05) is 37.4 Å². The second-order valence-corrected chi connectivity index (χ2v) is 4.95. The summed E-state index contributed by atoms with van der Waals surface area (Å²) < 4.78 is 10.9. The van der Waals surface area contributed by atoms with Gasteiger partial charge in [0.15, 0.2) is 0 Å². The number of nitrogens with zero attached hydrogens (tertiary/aromatic N) is 2. The fraction of sp³-hybridized carbons (Fsp3) is 0.250. The van der Waals surface area contributed by atoms with Gasteiger partial charge >= 0.3 is 0 Å². The Hall–Kier alpha value is -3.20. The van der Waals surface area contributed by atoms with E-state index in [1.807, 2.05) is 0 Å². The Morgan fingerprint density at radius 1 is 0.720 bits per heavy atom. The van der Waals surface area contributed by atoms with E-state index in [4.69, 9.17) is 9.47 Å². The molecule has 0 aliphatic heterocycles. The molecule has 0 saturated heterocycles. The number of non-ortho nitro benzene ring substituents is 2. The lowest BCUT2D eigenvalue weighted by atomic mass is 10.3. The van der Waals surface area contributed by atoms with Crippen molar-refractivity contribution in [2.45, 2.75) is 0 Å². The molecule has 2 aromatic rings. The summed E-state index contributed by atoms with van der Waals surface area (Å²) in [7, 11) is 0. The molecular weight excluding hydrogens is 330 g/mol. The fourth-order valence-electron chi connectivity index (χ4n) is 1.94. The molecule has 0 fully saturated rings. The largest absolute Gasteiger partial charge is 0.492 e. The first-order chi connectivity index (χ1) is 12.1. The lowest BCUT2D eigenvalue weighted by Gasteiger charge is -2.08. The van der Waals surface area contributed by atoms with E-state index in [0.29, 0.717) is 37.8 Å². The highest BCUT2D eigenvalue weighted by Gasteiger charge is 2.05. The number of nitrogens with one attached hydrogen (secondary N) is 1. The smallest absolute Gasteiger partial charge is 0.269 e. The number of benzene rings is 2. The van der Waals surface area contributed by atoms with E-state index in [2.05, 4.69) is 5.32 Å². The van der Waals surface area contributed by atoms with Gasteiger partial charge in [0.05, 0.1) is 9.85 Å². The Kier molecular flexibility index (Phi) is 6.66. The minimum atomic E-state index is -0.462. The highest BCUT2D eigenvalue weighted by Crippen LogP contribution is 2.17. The SMILES string of the molecule is O=[N+]([O-])c1ccc(OCCNCCOc2ccc([N+](=O)[O-])cc2)cc1. The van der Waals surface area contributed by atoms with Gasteiger partial charge < -0.3 is 14.8 Å². The lowest BCUT2D eigenvalue weighted by molar-refractivity contribution is -0.385. The molecule has 0 atom stereocenters. The normalized spacial score (nSPS) is 10.2. The summed E-state index contributed by atoms with van der Waals surface area (Å²) in [5.41, 5.74) is 0.0442. The van der Waals surface area contributed by atoms with E-state index < -0.39 is 9.85 Å². The summed E-state index contributed by atoms with van der Waals surface area (Å²) in [4.78, 5) is 20.1. The average Bonchev–Trinajstić information content (AvgIpc) is 2.61. The number of nitro groups is 2. The van der Waals surface area contributed by atoms with Crippen LogP contribution in [0, 0.1) is 20.2 Å². The molecule has 0 bridgehead atoms. The van der Waals surface area contributed by atoms with Gasteiger partial charge in [0.2, 0.25) is 0 Å². The number of nitro benzene ring substituents is 2. The van der Waals surface area contributed by atoms with Gasteiger partial charge in [-0.25, -0.2) is 0 Å². The highest BCUT2D eigenvalue weighted by molar-refractivity contribution is 5.36. The van der Waals surface area contributed by atoms with E-state index >= 15 is 0 Å². The molecule has 0 radical (unpaired) electrons. The molecule has 0 saturated carbocycles. The maximum atomic E-state index is 10.5. The molecule has 0 amide bonds. The molecule has 132 valence electrons. The maximum Gasteiger partial charge on any atom is 0.269 e. The molecule has 0 unspecified atom stereocenters. The number of hydrogen-bond donors (Lipinski definition) is 1. The van der Waals surface area contributed by atoms with Crippen LogP contribution in [0.25, 0.3) is 0 Å². The molecule has 2 rings (SSSR count). The van der Waals surface area contributed by atoms with Gasteiger partial charge in [0.25, 0.3) is 11.4 Å². The van der Waals surface area contributed by atoms with Crippen molar-refractivity contribution in [3.63, 3.8) is 0 Å². The van der Waals surface area contributed by atoms with E-state index in [0.717, 1.165) is 0 Å². The van der Waals surface area contributed by atoms with E-state index in [9.17, 15) is 20.2 Å². The molecule has 0 heterocycles. The maximum absolute atomic E-state index is 10.5. The Labute approximate surface area is 143 Å². The lowest BCUT2D eigenvalue weighted by Crippen LogP contribution is -2.25. The monoisotopic (exact) mass is 347 g/mol.